The largest absolute Gasteiger partial charge is 1.00 e. The smallest absolute Gasteiger partial charge is 0.154 e. The van der Waals surface area contributed by atoms with Crippen LogP contribution in [0, 0.1) is 0 Å². The van der Waals surface area contributed by atoms with E-state index in [1.165, 1.54) is 90.1 Å². The number of halogens is 2. The average Bonchev–Trinajstić information content (AvgIpc) is 2.46. The summed E-state index contributed by atoms with van der Waals surface area (Å²) in [7, 11) is 2.34. The van der Waals surface area contributed by atoms with Crippen molar-refractivity contribution < 1.29 is 28.5 Å². The highest BCUT2D eigenvalue weighted by Gasteiger charge is 2.18. The lowest BCUT2D eigenvalue weighted by molar-refractivity contribution is -0.899. The van der Waals surface area contributed by atoms with Crippen molar-refractivity contribution >= 4 is 11.6 Å². The van der Waals surface area contributed by atoms with Crippen molar-refractivity contribution in [3.05, 3.63) is 0 Å². The van der Waals surface area contributed by atoms with Gasteiger partial charge in [-0.05, 0) is 25.7 Å². The molecule has 0 rings (SSSR count). The highest BCUT2D eigenvalue weighted by atomic mass is 127. The maximum atomic E-state index is 6.21. The second kappa shape index (κ2) is 17.3. The van der Waals surface area contributed by atoms with Crippen molar-refractivity contribution in [2.75, 3.05) is 26.1 Å². The van der Waals surface area contributed by atoms with E-state index in [1.807, 2.05) is 0 Å². The van der Waals surface area contributed by atoms with Gasteiger partial charge in [-0.2, -0.15) is 0 Å². The molecule has 0 aromatic rings. The fourth-order valence-electron chi connectivity index (χ4n) is 2.78. The molecule has 0 heterocycles. The van der Waals surface area contributed by atoms with Gasteiger partial charge in [0.2, 0.25) is 0 Å². The van der Waals surface area contributed by atoms with Crippen molar-refractivity contribution in [1.29, 1.82) is 0 Å². The summed E-state index contributed by atoms with van der Waals surface area (Å²) in [6.45, 7) is 7.10. The molecular weight excluding hydrogens is 393 g/mol. The number of unbranched alkanes of at least 4 members (excludes halogenated alkanes) is 10. The third-order valence-electron chi connectivity index (χ3n) is 4.39. The standard InChI is InChI=1S/C18H39ClN.HI/c1-4-6-8-10-12-14-16-20(3,18-19)17-15-13-11-9-7-5-2;/h4-18H2,1-3H3;1H/q+1;/p-1. The third-order valence-corrected chi connectivity index (χ3v) is 4.97. The van der Waals surface area contributed by atoms with E-state index in [9.17, 15) is 0 Å². The molecule has 0 bridgehead atoms. The van der Waals surface area contributed by atoms with Gasteiger partial charge in [0, 0.05) is 0 Å². The minimum atomic E-state index is 0. The van der Waals surface area contributed by atoms with E-state index >= 15 is 0 Å². The van der Waals surface area contributed by atoms with Crippen LogP contribution in [-0.4, -0.2) is 30.6 Å². The van der Waals surface area contributed by atoms with Crippen LogP contribution in [0.1, 0.15) is 90.9 Å². The third kappa shape index (κ3) is 15.6. The van der Waals surface area contributed by atoms with Gasteiger partial charge in [0.15, 0.2) is 6.00 Å². The van der Waals surface area contributed by atoms with Gasteiger partial charge in [0.25, 0.3) is 0 Å². The van der Waals surface area contributed by atoms with Crippen molar-refractivity contribution in [2.24, 2.45) is 0 Å². The first-order chi connectivity index (χ1) is 9.68. The molecule has 0 saturated carbocycles. The normalized spacial score (nSPS) is 11.4. The van der Waals surface area contributed by atoms with E-state index in [0.29, 0.717) is 0 Å². The van der Waals surface area contributed by atoms with Crippen LogP contribution in [0.25, 0.3) is 0 Å². The van der Waals surface area contributed by atoms with E-state index in [1.54, 1.807) is 0 Å². The molecular formula is C18H39ClIN. The Balaban J connectivity index is 0. The van der Waals surface area contributed by atoms with Crippen LogP contribution in [0.4, 0.5) is 0 Å². The molecule has 0 amide bonds. The average molecular weight is 432 g/mol. The van der Waals surface area contributed by atoms with Crippen molar-refractivity contribution in [2.45, 2.75) is 90.9 Å². The Hall–Kier alpha value is 0.980. The van der Waals surface area contributed by atoms with Gasteiger partial charge in [-0.15, -0.1) is 0 Å². The molecule has 0 aromatic carbocycles. The van der Waals surface area contributed by atoms with Gasteiger partial charge in [0.05, 0.1) is 20.1 Å². The van der Waals surface area contributed by atoms with Gasteiger partial charge in [0.1, 0.15) is 0 Å². The zero-order chi connectivity index (χ0) is 15.1. The highest BCUT2D eigenvalue weighted by Crippen LogP contribution is 2.14. The molecule has 0 spiro atoms. The molecule has 3 heteroatoms. The van der Waals surface area contributed by atoms with Crippen LogP contribution in [-0.2, 0) is 0 Å². The van der Waals surface area contributed by atoms with Gasteiger partial charge in [-0.25, -0.2) is 0 Å². The van der Waals surface area contributed by atoms with E-state index < -0.39 is 0 Å². The molecule has 1 nitrogen and oxygen atoms in total. The molecule has 0 unspecified atom stereocenters. The Morgan fingerprint density at radius 3 is 1.29 bits per heavy atom. The first-order valence-corrected chi connectivity index (χ1v) is 9.61. The molecule has 0 aromatic heterocycles. The Kier molecular flexibility index (Phi) is 20.0. The van der Waals surface area contributed by atoms with Gasteiger partial charge >= 0.3 is 0 Å². The molecule has 0 saturated heterocycles. The summed E-state index contributed by atoms with van der Waals surface area (Å²) in [6.07, 6.45) is 16.6. The van der Waals surface area contributed by atoms with Crippen LogP contribution in [0.3, 0.4) is 0 Å². The lowest BCUT2D eigenvalue weighted by atomic mass is 10.1. The minimum Gasteiger partial charge on any atom is -1.00 e. The number of hydrogen-bond acceptors (Lipinski definition) is 0. The summed E-state index contributed by atoms with van der Waals surface area (Å²) < 4.78 is 1.07. The summed E-state index contributed by atoms with van der Waals surface area (Å²) >= 11 is 6.21. The number of hydrogen-bond donors (Lipinski definition) is 0. The second-order valence-electron chi connectivity index (χ2n) is 6.72. The predicted molar refractivity (Wildman–Crippen MR) is 93.4 cm³/mol. The highest BCUT2D eigenvalue weighted by molar-refractivity contribution is 6.16. The zero-order valence-electron chi connectivity index (χ0n) is 14.8. The minimum absolute atomic E-state index is 0. The molecule has 0 aliphatic carbocycles. The molecule has 0 N–H and O–H groups in total. The quantitative estimate of drug-likeness (QED) is 0.123. The van der Waals surface area contributed by atoms with E-state index in [-0.39, 0.29) is 24.0 Å². The first kappa shape index (κ1) is 24.2. The van der Waals surface area contributed by atoms with Crippen LogP contribution < -0.4 is 24.0 Å². The lowest BCUT2D eigenvalue weighted by Gasteiger charge is -2.32. The predicted octanol–water partition coefficient (Wildman–Crippen LogP) is 3.35. The Bertz CT molecular complexity index is 184. The summed E-state index contributed by atoms with van der Waals surface area (Å²) in [5.74, 6) is 0. The second-order valence-corrected chi connectivity index (χ2v) is 6.96. The van der Waals surface area contributed by atoms with Gasteiger partial charge in [-0.1, -0.05) is 76.8 Å². The monoisotopic (exact) mass is 431 g/mol. The Morgan fingerprint density at radius 1 is 0.619 bits per heavy atom. The molecule has 130 valence electrons. The van der Waals surface area contributed by atoms with Gasteiger partial charge in [-0.3, -0.25) is 0 Å². The Morgan fingerprint density at radius 2 is 0.952 bits per heavy atom. The van der Waals surface area contributed by atoms with Gasteiger partial charge < -0.3 is 28.5 Å². The number of rotatable bonds is 15. The number of nitrogens with zero attached hydrogens (tertiary/aromatic N) is 1. The maximum absolute atomic E-state index is 6.21. The van der Waals surface area contributed by atoms with E-state index in [2.05, 4.69) is 20.9 Å². The summed E-state index contributed by atoms with van der Waals surface area (Å²) in [5, 5.41) is 0. The topological polar surface area (TPSA) is 0 Å². The molecule has 21 heavy (non-hydrogen) atoms. The molecule has 0 fully saturated rings. The van der Waals surface area contributed by atoms with Crippen LogP contribution >= 0.6 is 11.6 Å². The summed E-state index contributed by atoms with van der Waals surface area (Å²) in [6, 6.07) is 0.782. The van der Waals surface area contributed by atoms with Crippen LogP contribution in [0.2, 0.25) is 0 Å². The molecule has 0 aliphatic rings. The van der Waals surface area contributed by atoms with E-state index in [4.69, 9.17) is 11.6 Å². The Labute approximate surface area is 156 Å². The molecule has 0 aliphatic heterocycles. The first-order valence-electron chi connectivity index (χ1n) is 9.08. The molecule has 0 radical (unpaired) electrons. The number of alkyl halides is 1. The van der Waals surface area contributed by atoms with Crippen molar-refractivity contribution in [3.63, 3.8) is 0 Å². The van der Waals surface area contributed by atoms with Crippen LogP contribution in [0.15, 0.2) is 0 Å². The zero-order valence-corrected chi connectivity index (χ0v) is 17.7. The number of quaternary nitrogens is 1. The fraction of sp³-hybridized carbons (Fsp3) is 1.00. The van der Waals surface area contributed by atoms with Crippen molar-refractivity contribution in [3.8, 4) is 0 Å². The van der Waals surface area contributed by atoms with E-state index in [0.717, 1.165) is 10.5 Å². The fourth-order valence-corrected chi connectivity index (χ4v) is 3.02. The van der Waals surface area contributed by atoms with Crippen molar-refractivity contribution in [1.82, 2.24) is 0 Å². The SMILES string of the molecule is CCCCCCCC[N+](C)(CCl)CCCCCCCC.[I-]. The maximum Gasteiger partial charge on any atom is 0.154 e. The van der Waals surface area contributed by atoms with Crippen LogP contribution in [0.5, 0.6) is 0 Å². The molecule has 0 atom stereocenters. The summed E-state index contributed by atoms with van der Waals surface area (Å²) in [5.41, 5.74) is 0. The summed E-state index contributed by atoms with van der Waals surface area (Å²) in [4.78, 5) is 0. The lowest BCUT2D eigenvalue weighted by Crippen LogP contribution is -3.00.